The van der Waals surface area contributed by atoms with Crippen molar-refractivity contribution in [3.63, 3.8) is 0 Å². The number of halogens is 1. The lowest BCUT2D eigenvalue weighted by Crippen LogP contribution is -2.44. The quantitative estimate of drug-likeness (QED) is 0.177. The Balaban J connectivity index is 1.55. The highest BCUT2D eigenvalue weighted by Crippen LogP contribution is 2.36. The highest BCUT2D eigenvalue weighted by molar-refractivity contribution is 7.52. The van der Waals surface area contributed by atoms with Gasteiger partial charge in [-0.05, 0) is 24.4 Å². The number of imidazole rings is 1. The molecule has 2 aromatic heterocycles. The van der Waals surface area contributed by atoms with Crippen LogP contribution in [0.4, 0.5) is 5.82 Å². The van der Waals surface area contributed by atoms with Crippen LogP contribution in [0, 0.1) is 0 Å². The van der Waals surface area contributed by atoms with Crippen molar-refractivity contribution in [3.8, 4) is 0 Å². The molecule has 0 aromatic carbocycles. The number of nitrogens with zero attached hydrogens (tertiary/aromatic N) is 5. The second-order valence-corrected chi connectivity index (χ2v) is 10.7. The third-order valence-corrected chi connectivity index (χ3v) is 7.02. The smallest absolute Gasteiger partial charge is 0.334 e. The molecule has 1 amide bonds. The number of aliphatic hydroxyl groups excluding tert-OH is 3. The molecule has 2 aliphatic rings. The van der Waals surface area contributed by atoms with Gasteiger partial charge in [-0.1, -0.05) is 12.8 Å². The first-order valence-electron chi connectivity index (χ1n) is 11.2. The van der Waals surface area contributed by atoms with Crippen LogP contribution in [0.25, 0.3) is 11.2 Å². The zero-order chi connectivity index (χ0) is 25.3. The predicted octanol–water partition coefficient (Wildman–Crippen LogP) is -0.548. The van der Waals surface area contributed by atoms with E-state index in [1.165, 1.54) is 10.9 Å². The topological polar surface area (TPSA) is 203 Å². The zero-order valence-corrected chi connectivity index (χ0v) is 20.3. The Labute approximate surface area is 205 Å². The minimum absolute atomic E-state index is 0.0403. The van der Waals surface area contributed by atoms with Gasteiger partial charge in [0.05, 0.1) is 12.9 Å². The minimum atomic E-state index is -4.64. The molecular weight excluding hydrogens is 507 g/mol. The van der Waals surface area contributed by atoms with E-state index in [1.54, 1.807) is 0 Å². The van der Waals surface area contributed by atoms with Crippen LogP contribution in [0.1, 0.15) is 31.9 Å². The summed E-state index contributed by atoms with van der Waals surface area (Å²) < 4.78 is 18.5. The van der Waals surface area contributed by atoms with Gasteiger partial charge in [-0.2, -0.15) is 9.97 Å². The van der Waals surface area contributed by atoms with Crippen molar-refractivity contribution < 1.29 is 39.2 Å². The Morgan fingerprint density at radius 2 is 1.97 bits per heavy atom. The lowest BCUT2D eigenvalue weighted by atomic mass is 10.1. The maximum atomic E-state index is 12.3. The summed E-state index contributed by atoms with van der Waals surface area (Å²) in [6.07, 6.45) is -0.617. The average Bonchev–Trinajstić information content (AvgIpc) is 3.49. The molecule has 6 N–H and O–H groups in total. The number of fused-ring (bicyclic) bond motifs is 1. The molecule has 16 heteroatoms. The molecule has 35 heavy (non-hydrogen) atoms. The summed E-state index contributed by atoms with van der Waals surface area (Å²) in [5, 5.41) is 33.9. The molecule has 0 unspecified atom stereocenters. The van der Waals surface area contributed by atoms with Crippen molar-refractivity contribution in [3.05, 3.63) is 11.6 Å². The van der Waals surface area contributed by atoms with Crippen molar-refractivity contribution in [1.29, 1.82) is 0 Å². The van der Waals surface area contributed by atoms with E-state index in [-0.39, 0.29) is 30.1 Å². The van der Waals surface area contributed by atoms with E-state index in [2.05, 4.69) is 20.3 Å². The monoisotopic (exact) mass is 534 g/mol. The lowest BCUT2D eigenvalue weighted by molar-refractivity contribution is -0.132. The fourth-order valence-corrected chi connectivity index (χ4v) is 5.20. The minimum Gasteiger partial charge on any atom is -0.395 e. The number of anilines is 1. The van der Waals surface area contributed by atoms with Gasteiger partial charge in [0.25, 0.3) is 0 Å². The lowest BCUT2D eigenvalue weighted by Gasteiger charge is -2.26. The van der Waals surface area contributed by atoms with Crippen molar-refractivity contribution >= 4 is 42.1 Å². The van der Waals surface area contributed by atoms with Gasteiger partial charge in [-0.15, -0.1) is 0 Å². The highest BCUT2D eigenvalue weighted by Gasteiger charge is 2.45. The molecule has 3 heterocycles. The predicted molar refractivity (Wildman–Crippen MR) is 123 cm³/mol. The van der Waals surface area contributed by atoms with Crippen LogP contribution >= 0.6 is 19.2 Å². The molecule has 0 spiro atoms. The maximum Gasteiger partial charge on any atom is 0.334 e. The molecule has 0 bridgehead atoms. The maximum absolute atomic E-state index is 12.3. The van der Waals surface area contributed by atoms with Crippen molar-refractivity contribution in [2.24, 2.45) is 0 Å². The largest absolute Gasteiger partial charge is 0.395 e. The summed E-state index contributed by atoms with van der Waals surface area (Å²) in [7, 11) is -4.64. The summed E-state index contributed by atoms with van der Waals surface area (Å²) in [5.41, 5.74) is 0.681. The molecule has 1 saturated heterocycles. The zero-order valence-electron chi connectivity index (χ0n) is 18.6. The van der Waals surface area contributed by atoms with Gasteiger partial charge in [-0.3, -0.25) is 13.9 Å². The second-order valence-electron chi connectivity index (χ2n) is 8.72. The second kappa shape index (κ2) is 10.6. The number of carbonyl (C=O) groups is 1. The number of aromatic nitrogens is 4. The van der Waals surface area contributed by atoms with E-state index in [4.69, 9.17) is 26.1 Å². The van der Waals surface area contributed by atoms with Gasteiger partial charge >= 0.3 is 7.60 Å². The summed E-state index contributed by atoms with van der Waals surface area (Å²) in [5.74, 6) is -0.469. The molecule has 1 saturated carbocycles. The van der Waals surface area contributed by atoms with Crippen molar-refractivity contribution in [1.82, 2.24) is 24.4 Å². The first-order chi connectivity index (χ1) is 16.6. The Bertz CT molecular complexity index is 1110. The van der Waals surface area contributed by atoms with Gasteiger partial charge in [0.15, 0.2) is 23.2 Å². The molecule has 0 radical (unpaired) electrons. The van der Waals surface area contributed by atoms with Crippen LogP contribution in [0.2, 0.25) is 5.28 Å². The number of hydrogen-bond donors (Lipinski definition) is 6. The van der Waals surface area contributed by atoms with E-state index < -0.39 is 50.8 Å². The number of hydrogen-bond acceptors (Lipinski definition) is 10. The van der Waals surface area contributed by atoms with Crippen LogP contribution in [-0.2, 0) is 14.1 Å². The molecule has 14 nitrogen and oxygen atoms in total. The standard InChI is InChI=1S/C19H28ClN6O8P/c20-19-23-16(22-10-3-1-2-4-10)13-17(24-19)26(9-21-13)18-15(30)14(29)11(34-18)7-25(5-6-27)12(28)8-35(31,32)33/h9-11,14-15,18,27,29-30H,1-8H2,(H,22,23,24)(H2,31,32,33)/t11-,14-,15-,18-/m1/s1. The summed E-state index contributed by atoms with van der Waals surface area (Å²) >= 11 is 6.14. The summed E-state index contributed by atoms with van der Waals surface area (Å²) in [6, 6.07) is 0.233. The molecule has 1 aliphatic carbocycles. The molecule has 2 aromatic rings. The average molecular weight is 535 g/mol. The third kappa shape index (κ3) is 5.92. The SMILES string of the molecule is O=C(CP(=O)(O)O)N(CCO)C[C@H]1O[C@@H](n2cnc3c(NC4CCCC4)nc(Cl)nc32)[C@H](O)[C@@H]1O. The number of rotatable bonds is 9. The van der Waals surface area contributed by atoms with Crippen molar-refractivity contribution in [2.45, 2.75) is 56.3 Å². The van der Waals surface area contributed by atoms with Crippen LogP contribution < -0.4 is 5.32 Å². The Morgan fingerprint density at radius 1 is 1.26 bits per heavy atom. The number of nitrogens with one attached hydrogen (secondary N) is 1. The highest BCUT2D eigenvalue weighted by atomic mass is 35.5. The Hall–Kier alpha value is -1.90. The normalized spacial score (nSPS) is 25.4. The van der Waals surface area contributed by atoms with E-state index in [9.17, 15) is 24.7 Å². The van der Waals surface area contributed by atoms with E-state index in [1.807, 2.05) is 0 Å². The van der Waals surface area contributed by atoms with Gasteiger partial charge < -0.3 is 40.1 Å². The number of carbonyl (C=O) groups excluding carboxylic acids is 1. The van der Waals surface area contributed by atoms with E-state index >= 15 is 0 Å². The van der Waals surface area contributed by atoms with Crippen molar-refractivity contribution in [2.75, 3.05) is 31.2 Å². The molecule has 2 fully saturated rings. The number of amides is 1. The fraction of sp³-hybridized carbons (Fsp3) is 0.684. The third-order valence-electron chi connectivity index (χ3n) is 6.17. The number of aliphatic hydroxyl groups is 3. The summed E-state index contributed by atoms with van der Waals surface area (Å²) in [6.45, 7) is -1.02. The van der Waals surface area contributed by atoms with Crippen LogP contribution in [0.15, 0.2) is 6.33 Å². The molecule has 4 rings (SSSR count). The fourth-order valence-electron chi connectivity index (χ4n) is 4.48. The van der Waals surface area contributed by atoms with Gasteiger partial charge in [-0.25, -0.2) is 4.98 Å². The van der Waals surface area contributed by atoms with Gasteiger partial charge in [0, 0.05) is 19.1 Å². The summed E-state index contributed by atoms with van der Waals surface area (Å²) in [4.78, 5) is 44.3. The molecule has 4 atom stereocenters. The van der Waals surface area contributed by atoms with Crippen LogP contribution in [0.3, 0.4) is 0 Å². The molecule has 1 aliphatic heterocycles. The van der Waals surface area contributed by atoms with E-state index in [0.717, 1.165) is 30.6 Å². The Kier molecular flexibility index (Phi) is 7.93. The first kappa shape index (κ1) is 26.2. The first-order valence-corrected chi connectivity index (χ1v) is 13.4. The Morgan fingerprint density at radius 3 is 2.63 bits per heavy atom. The van der Waals surface area contributed by atoms with Gasteiger partial charge in [0.2, 0.25) is 11.2 Å². The van der Waals surface area contributed by atoms with Gasteiger partial charge in [0.1, 0.15) is 24.5 Å². The van der Waals surface area contributed by atoms with E-state index in [0.29, 0.717) is 11.3 Å². The van der Waals surface area contributed by atoms with Crippen LogP contribution in [-0.4, -0.2) is 106 Å². The molecular formula is C19H28ClN6O8P. The van der Waals surface area contributed by atoms with Crippen LogP contribution in [0.5, 0.6) is 0 Å². The molecule has 194 valence electrons. The number of ether oxygens (including phenoxy) is 1.